The van der Waals surface area contributed by atoms with Gasteiger partial charge in [-0.1, -0.05) is 5.16 Å². The second-order valence-corrected chi connectivity index (χ2v) is 5.13. The number of aliphatic hydroxyl groups excluding tert-OH is 2. The molecule has 3 aromatic heterocycles. The van der Waals surface area contributed by atoms with E-state index in [9.17, 15) is 10.2 Å². The van der Waals surface area contributed by atoms with Crippen molar-refractivity contribution in [3.63, 3.8) is 0 Å². The van der Waals surface area contributed by atoms with Crippen molar-refractivity contribution in [1.29, 1.82) is 0 Å². The minimum Gasteiger partial charge on any atom is -0.394 e. The van der Waals surface area contributed by atoms with Crippen LogP contribution in [-0.2, 0) is 6.54 Å². The zero-order valence-electron chi connectivity index (χ0n) is 12.8. The van der Waals surface area contributed by atoms with Gasteiger partial charge in [-0.25, -0.2) is 15.0 Å². The van der Waals surface area contributed by atoms with Gasteiger partial charge in [-0.3, -0.25) is 0 Å². The van der Waals surface area contributed by atoms with Crippen LogP contribution < -0.4 is 4.90 Å². The maximum atomic E-state index is 9.34. The van der Waals surface area contributed by atoms with Crippen molar-refractivity contribution < 1.29 is 14.7 Å². The molecule has 0 spiro atoms. The fourth-order valence-electron chi connectivity index (χ4n) is 2.31. The third-order valence-corrected chi connectivity index (χ3v) is 3.46. The fraction of sp³-hybridized carbons (Fsp3) is 0.462. The number of hydrogen-bond donors (Lipinski definition) is 2. The maximum Gasteiger partial charge on any atom is 0.223 e. The molecule has 0 unspecified atom stereocenters. The first-order valence-electron chi connectivity index (χ1n) is 7.03. The van der Waals surface area contributed by atoms with Crippen molar-refractivity contribution in [2.75, 3.05) is 25.2 Å². The Morgan fingerprint density at radius 2 is 2.04 bits per heavy atom. The van der Waals surface area contributed by atoms with E-state index in [0.29, 0.717) is 35.2 Å². The highest BCUT2D eigenvalue weighted by Gasteiger charge is 2.18. The van der Waals surface area contributed by atoms with Gasteiger partial charge in [-0.15, -0.1) is 0 Å². The van der Waals surface area contributed by atoms with Crippen molar-refractivity contribution in [3.8, 4) is 0 Å². The van der Waals surface area contributed by atoms with Gasteiger partial charge in [-0.05, 0) is 0 Å². The van der Waals surface area contributed by atoms with Crippen LogP contribution in [0, 0.1) is 6.92 Å². The van der Waals surface area contributed by atoms with Crippen LogP contribution in [0.15, 0.2) is 17.2 Å². The predicted molar refractivity (Wildman–Crippen MR) is 79.7 cm³/mol. The Hall–Kier alpha value is -2.59. The topological polar surface area (TPSA) is 126 Å². The molecule has 0 amide bonds. The van der Waals surface area contributed by atoms with Gasteiger partial charge in [-0.2, -0.15) is 4.98 Å². The highest BCUT2D eigenvalue weighted by atomic mass is 16.5. The molecule has 3 heterocycles. The normalized spacial score (nSPS) is 11.5. The minimum absolute atomic E-state index is 0.209. The molecule has 0 aliphatic rings. The molecule has 0 saturated heterocycles. The number of aliphatic hydroxyl groups is 2. The third kappa shape index (κ3) is 2.85. The van der Waals surface area contributed by atoms with Crippen molar-refractivity contribution in [1.82, 2.24) is 29.7 Å². The summed E-state index contributed by atoms with van der Waals surface area (Å²) in [5.74, 6) is 1.64. The molecule has 0 aliphatic carbocycles. The molecular weight excluding hydrogens is 302 g/mol. The van der Waals surface area contributed by atoms with Crippen LogP contribution in [0.3, 0.4) is 0 Å². The molecular formula is C13H17N7O3. The number of hydrogen-bond acceptors (Lipinski definition) is 9. The molecule has 3 rings (SSSR count). The molecule has 0 aromatic carbocycles. The van der Waals surface area contributed by atoms with Gasteiger partial charge in [0.25, 0.3) is 0 Å². The largest absolute Gasteiger partial charge is 0.394 e. The van der Waals surface area contributed by atoms with E-state index in [1.54, 1.807) is 11.5 Å². The monoisotopic (exact) mass is 319 g/mol. The Morgan fingerprint density at radius 1 is 1.26 bits per heavy atom. The smallest absolute Gasteiger partial charge is 0.223 e. The number of nitrogens with zero attached hydrogens (tertiary/aromatic N) is 7. The predicted octanol–water partition coefficient (Wildman–Crippen LogP) is -0.320. The molecule has 0 bridgehead atoms. The van der Waals surface area contributed by atoms with Crippen molar-refractivity contribution in [2.45, 2.75) is 19.5 Å². The van der Waals surface area contributed by atoms with E-state index in [4.69, 9.17) is 4.52 Å². The summed E-state index contributed by atoms with van der Waals surface area (Å²) in [6.45, 7) is 1.71. The molecule has 10 heteroatoms. The van der Waals surface area contributed by atoms with Crippen molar-refractivity contribution in [3.05, 3.63) is 24.4 Å². The Balaban J connectivity index is 1.95. The molecule has 2 N–H and O–H groups in total. The Labute approximate surface area is 131 Å². The van der Waals surface area contributed by atoms with Gasteiger partial charge < -0.3 is 24.2 Å². The van der Waals surface area contributed by atoms with Crippen LogP contribution in [0.4, 0.5) is 5.82 Å². The SMILES string of the molecule is Cc1nc(CN(C)c2ncnc3c2ncn3C(CO)CO)no1. The summed E-state index contributed by atoms with van der Waals surface area (Å²) in [6.07, 6.45) is 2.95. The average molecular weight is 319 g/mol. The summed E-state index contributed by atoms with van der Waals surface area (Å²) in [4.78, 5) is 18.8. The van der Waals surface area contributed by atoms with Crippen molar-refractivity contribution in [2.24, 2.45) is 0 Å². The van der Waals surface area contributed by atoms with Crippen LogP contribution >= 0.6 is 0 Å². The van der Waals surface area contributed by atoms with Gasteiger partial charge >= 0.3 is 0 Å². The standard InChI is InChI=1S/C13H17N7O3/c1-8-17-10(18-23-8)3-19(2)12-11-13(15-6-14-12)20(7-16-11)9(4-21)5-22/h6-7,9,21-22H,3-5H2,1-2H3. The van der Waals surface area contributed by atoms with E-state index in [-0.39, 0.29) is 13.2 Å². The number of imidazole rings is 1. The molecule has 0 aliphatic heterocycles. The van der Waals surface area contributed by atoms with Gasteiger partial charge in [0, 0.05) is 14.0 Å². The van der Waals surface area contributed by atoms with Crippen molar-refractivity contribution >= 4 is 17.0 Å². The van der Waals surface area contributed by atoms with Crippen LogP contribution in [0.2, 0.25) is 0 Å². The number of rotatable bonds is 6. The maximum absolute atomic E-state index is 9.34. The average Bonchev–Trinajstić information content (AvgIpc) is 3.15. The van der Waals surface area contributed by atoms with Gasteiger partial charge in [0.15, 0.2) is 22.8 Å². The fourth-order valence-corrected chi connectivity index (χ4v) is 2.31. The number of aromatic nitrogens is 6. The van der Waals surface area contributed by atoms with Crippen LogP contribution in [0.5, 0.6) is 0 Å². The zero-order chi connectivity index (χ0) is 16.4. The van der Waals surface area contributed by atoms with Gasteiger partial charge in [0.2, 0.25) is 5.89 Å². The number of fused-ring (bicyclic) bond motifs is 1. The lowest BCUT2D eigenvalue weighted by Crippen LogP contribution is -2.20. The Morgan fingerprint density at radius 3 is 2.70 bits per heavy atom. The van der Waals surface area contributed by atoms with Gasteiger partial charge in [0.05, 0.1) is 32.1 Å². The Kier molecular flexibility index (Phi) is 4.17. The van der Waals surface area contributed by atoms with E-state index in [2.05, 4.69) is 25.1 Å². The molecule has 0 saturated carbocycles. The summed E-state index contributed by atoms with van der Waals surface area (Å²) in [5.41, 5.74) is 1.11. The zero-order valence-corrected chi connectivity index (χ0v) is 12.8. The lowest BCUT2D eigenvalue weighted by atomic mass is 10.3. The summed E-state index contributed by atoms with van der Waals surface area (Å²) in [7, 11) is 1.84. The molecule has 0 fully saturated rings. The number of aryl methyl sites for hydroxylation is 1. The second-order valence-electron chi connectivity index (χ2n) is 5.13. The van der Waals surface area contributed by atoms with Gasteiger partial charge in [0.1, 0.15) is 6.33 Å². The first kappa shape index (κ1) is 15.3. The van der Waals surface area contributed by atoms with E-state index in [0.717, 1.165) is 0 Å². The first-order chi connectivity index (χ1) is 11.1. The van der Waals surface area contributed by atoms with Crippen LogP contribution in [0.1, 0.15) is 17.8 Å². The molecule has 3 aromatic rings. The third-order valence-electron chi connectivity index (χ3n) is 3.46. The van der Waals surface area contributed by atoms with Crippen LogP contribution in [-0.4, -0.2) is 60.1 Å². The van der Waals surface area contributed by atoms with E-state index in [1.807, 2.05) is 11.9 Å². The highest BCUT2D eigenvalue weighted by molar-refractivity contribution is 5.83. The molecule has 10 nitrogen and oxygen atoms in total. The summed E-state index contributed by atoms with van der Waals surface area (Å²) < 4.78 is 6.59. The summed E-state index contributed by atoms with van der Waals surface area (Å²) in [6, 6.07) is -0.493. The molecule has 0 radical (unpaired) electrons. The van der Waals surface area contributed by atoms with E-state index in [1.165, 1.54) is 12.7 Å². The van der Waals surface area contributed by atoms with E-state index >= 15 is 0 Å². The molecule has 23 heavy (non-hydrogen) atoms. The van der Waals surface area contributed by atoms with Crippen LogP contribution in [0.25, 0.3) is 11.2 Å². The lowest BCUT2D eigenvalue weighted by Gasteiger charge is -2.17. The Bertz CT molecular complexity index is 796. The molecule has 0 atom stereocenters. The molecule has 122 valence electrons. The lowest BCUT2D eigenvalue weighted by molar-refractivity contribution is 0.156. The summed E-state index contributed by atoms with van der Waals surface area (Å²) >= 11 is 0. The first-order valence-corrected chi connectivity index (χ1v) is 7.03. The second kappa shape index (κ2) is 6.26. The van der Waals surface area contributed by atoms with E-state index < -0.39 is 6.04 Å². The quantitative estimate of drug-likeness (QED) is 0.628. The summed E-state index contributed by atoms with van der Waals surface area (Å²) in [5, 5.41) is 22.5. The highest BCUT2D eigenvalue weighted by Crippen LogP contribution is 2.23. The number of anilines is 1. The minimum atomic E-state index is -0.493.